The second-order valence-electron chi connectivity index (χ2n) is 6.36. The van der Waals surface area contributed by atoms with Crippen molar-refractivity contribution in [3.63, 3.8) is 0 Å². The van der Waals surface area contributed by atoms with Gasteiger partial charge in [0.1, 0.15) is 15.7 Å². The molecule has 4 nitrogen and oxygen atoms in total. The maximum Gasteiger partial charge on any atom is 0.233 e. The minimum atomic E-state index is -0.222. The van der Waals surface area contributed by atoms with Gasteiger partial charge >= 0.3 is 0 Å². The average Bonchev–Trinajstić information content (AvgIpc) is 2.79. The lowest BCUT2D eigenvalue weighted by atomic mass is 10.1. The van der Waals surface area contributed by atoms with Crippen LogP contribution in [0, 0.1) is 6.92 Å². The van der Waals surface area contributed by atoms with Crippen LogP contribution in [0.1, 0.15) is 45.3 Å². The van der Waals surface area contributed by atoms with E-state index in [1.54, 1.807) is 11.3 Å². The molecule has 6 heteroatoms. The fourth-order valence-electron chi connectivity index (χ4n) is 2.00. The molecule has 1 unspecified atom stereocenters. The van der Waals surface area contributed by atoms with Crippen LogP contribution in [0.15, 0.2) is 11.1 Å². The molecule has 0 aromatic carbocycles. The van der Waals surface area contributed by atoms with Gasteiger partial charge in [-0.15, -0.1) is 11.3 Å². The van der Waals surface area contributed by atoms with Gasteiger partial charge in [-0.1, -0.05) is 18.7 Å². The number of thiophene rings is 1. The molecule has 0 aliphatic carbocycles. The van der Waals surface area contributed by atoms with Crippen molar-refractivity contribution in [1.82, 2.24) is 15.3 Å². The largest absolute Gasteiger partial charge is 0.351 e. The number of nitrogens with one attached hydrogen (secondary N) is 1. The van der Waals surface area contributed by atoms with Crippen molar-refractivity contribution in [2.75, 3.05) is 0 Å². The van der Waals surface area contributed by atoms with Gasteiger partial charge in [-0.25, -0.2) is 9.97 Å². The van der Waals surface area contributed by atoms with Crippen LogP contribution in [0.5, 0.6) is 0 Å². The van der Waals surface area contributed by atoms with Crippen LogP contribution in [0.3, 0.4) is 0 Å². The first-order chi connectivity index (χ1) is 10.2. The third-order valence-corrected chi connectivity index (χ3v) is 5.30. The summed E-state index contributed by atoms with van der Waals surface area (Å²) < 4.78 is 0. The molecule has 0 aliphatic rings. The van der Waals surface area contributed by atoms with Gasteiger partial charge in [0.25, 0.3) is 0 Å². The van der Waals surface area contributed by atoms with Crippen LogP contribution in [0.25, 0.3) is 10.2 Å². The summed E-state index contributed by atoms with van der Waals surface area (Å²) in [6, 6.07) is 2.15. The number of amides is 1. The van der Waals surface area contributed by atoms with E-state index in [-0.39, 0.29) is 16.7 Å². The maximum atomic E-state index is 12.3. The Morgan fingerprint density at radius 1 is 1.41 bits per heavy atom. The summed E-state index contributed by atoms with van der Waals surface area (Å²) in [7, 11) is 0. The van der Waals surface area contributed by atoms with E-state index in [0.29, 0.717) is 0 Å². The third kappa shape index (κ3) is 4.20. The molecule has 1 amide bonds. The van der Waals surface area contributed by atoms with E-state index in [1.807, 2.05) is 34.6 Å². The van der Waals surface area contributed by atoms with Gasteiger partial charge in [0.2, 0.25) is 5.91 Å². The van der Waals surface area contributed by atoms with Crippen LogP contribution in [0.4, 0.5) is 0 Å². The van der Waals surface area contributed by atoms with Gasteiger partial charge in [0, 0.05) is 15.8 Å². The molecule has 0 fully saturated rings. The highest BCUT2D eigenvalue weighted by Gasteiger charge is 2.22. The van der Waals surface area contributed by atoms with Crippen molar-refractivity contribution < 1.29 is 4.79 Å². The molecule has 1 N–H and O–H groups in total. The first-order valence-electron chi connectivity index (χ1n) is 7.45. The zero-order valence-corrected chi connectivity index (χ0v) is 15.6. The van der Waals surface area contributed by atoms with Crippen molar-refractivity contribution in [2.24, 2.45) is 0 Å². The van der Waals surface area contributed by atoms with Gasteiger partial charge in [-0.3, -0.25) is 4.79 Å². The molecule has 0 bridgehead atoms. The molecule has 0 aliphatic heterocycles. The second-order valence-corrected chi connectivity index (χ2v) is 8.81. The first kappa shape index (κ1) is 17.2. The van der Waals surface area contributed by atoms with Crippen LogP contribution < -0.4 is 5.32 Å². The van der Waals surface area contributed by atoms with Crippen molar-refractivity contribution in [1.29, 1.82) is 0 Å². The van der Waals surface area contributed by atoms with Gasteiger partial charge in [-0.2, -0.15) is 0 Å². The van der Waals surface area contributed by atoms with Crippen LogP contribution in [-0.2, 0) is 11.2 Å². The van der Waals surface area contributed by atoms with Crippen molar-refractivity contribution in [3.8, 4) is 0 Å². The predicted molar refractivity (Wildman–Crippen MR) is 94.7 cm³/mol. The number of fused-ring (bicyclic) bond motifs is 1. The van der Waals surface area contributed by atoms with Crippen LogP contribution in [-0.4, -0.2) is 26.7 Å². The Kier molecular flexibility index (Phi) is 5.12. The molecule has 120 valence electrons. The molecule has 0 spiro atoms. The van der Waals surface area contributed by atoms with Crippen LogP contribution >= 0.6 is 23.1 Å². The summed E-state index contributed by atoms with van der Waals surface area (Å²) in [5, 5.41) is 4.79. The number of aromatic nitrogens is 2. The highest BCUT2D eigenvalue weighted by molar-refractivity contribution is 8.00. The average molecular weight is 338 g/mol. The minimum absolute atomic E-state index is 0.0351. The van der Waals surface area contributed by atoms with E-state index in [4.69, 9.17) is 0 Å². The summed E-state index contributed by atoms with van der Waals surface area (Å²) in [4.78, 5) is 23.6. The molecule has 2 rings (SSSR count). The van der Waals surface area contributed by atoms with E-state index in [1.165, 1.54) is 16.6 Å². The predicted octanol–water partition coefficient (Wildman–Crippen LogP) is 3.96. The van der Waals surface area contributed by atoms with Gasteiger partial charge in [-0.05, 0) is 47.1 Å². The summed E-state index contributed by atoms with van der Waals surface area (Å²) in [5.41, 5.74) is -0.222. The van der Waals surface area contributed by atoms with Gasteiger partial charge in [0.05, 0.1) is 5.25 Å². The van der Waals surface area contributed by atoms with E-state index >= 15 is 0 Å². The number of hydrogen-bond acceptors (Lipinski definition) is 5. The zero-order valence-electron chi connectivity index (χ0n) is 14.0. The second kappa shape index (κ2) is 6.54. The fourth-order valence-corrected chi connectivity index (χ4v) is 4.05. The summed E-state index contributed by atoms with van der Waals surface area (Å²) in [5.74, 6) is 0.788. The van der Waals surface area contributed by atoms with E-state index in [9.17, 15) is 4.79 Å². The lowest BCUT2D eigenvalue weighted by molar-refractivity contribution is -0.121. The molecule has 0 saturated heterocycles. The normalized spacial score (nSPS) is 13.4. The first-order valence-corrected chi connectivity index (χ1v) is 9.15. The van der Waals surface area contributed by atoms with E-state index in [2.05, 4.69) is 28.3 Å². The fraction of sp³-hybridized carbons (Fsp3) is 0.562. The summed E-state index contributed by atoms with van der Waals surface area (Å²) in [6.07, 6.45) is 0.990. The molecule has 2 aromatic rings. The topological polar surface area (TPSA) is 54.9 Å². The Morgan fingerprint density at radius 3 is 2.68 bits per heavy atom. The Bertz CT molecular complexity index is 688. The molecular formula is C16H23N3OS2. The molecule has 0 saturated carbocycles. The molecule has 2 aromatic heterocycles. The highest BCUT2D eigenvalue weighted by Crippen LogP contribution is 2.33. The number of thioether (sulfide) groups is 1. The van der Waals surface area contributed by atoms with Crippen molar-refractivity contribution in [2.45, 2.75) is 63.8 Å². The van der Waals surface area contributed by atoms with Gasteiger partial charge < -0.3 is 5.32 Å². The summed E-state index contributed by atoms with van der Waals surface area (Å²) in [6.45, 7) is 11.9. The standard InChI is InChI=1S/C16H23N3OS2/c1-7-11-8-12-14(17-10(3)18-15(12)22-11)21-9(2)13(20)19-16(4,5)6/h8-9H,7H2,1-6H3,(H,19,20). The summed E-state index contributed by atoms with van der Waals surface area (Å²) >= 11 is 3.21. The molecule has 1 atom stereocenters. The monoisotopic (exact) mass is 337 g/mol. The minimum Gasteiger partial charge on any atom is -0.351 e. The molecule has 0 radical (unpaired) electrons. The van der Waals surface area contributed by atoms with E-state index < -0.39 is 0 Å². The smallest absolute Gasteiger partial charge is 0.233 e. The molecule has 2 heterocycles. The van der Waals surface area contributed by atoms with Crippen LogP contribution in [0.2, 0.25) is 0 Å². The Morgan fingerprint density at radius 2 is 2.09 bits per heavy atom. The Balaban J connectivity index is 2.27. The lowest BCUT2D eigenvalue weighted by Gasteiger charge is -2.23. The molecule has 22 heavy (non-hydrogen) atoms. The number of aryl methyl sites for hydroxylation is 2. The zero-order chi connectivity index (χ0) is 16.5. The Hall–Kier alpha value is -1.14. The number of nitrogens with zero attached hydrogens (tertiary/aromatic N) is 2. The quantitative estimate of drug-likeness (QED) is 0.678. The van der Waals surface area contributed by atoms with Gasteiger partial charge in [0.15, 0.2) is 0 Å². The SMILES string of the molecule is CCc1cc2c(SC(C)C(=O)NC(C)(C)C)nc(C)nc2s1. The number of rotatable bonds is 4. The number of carbonyl (C=O) groups is 1. The highest BCUT2D eigenvalue weighted by atomic mass is 32.2. The third-order valence-electron chi connectivity index (χ3n) is 3.02. The number of carbonyl (C=O) groups excluding carboxylic acids is 1. The number of hydrogen-bond donors (Lipinski definition) is 1. The van der Waals surface area contributed by atoms with Crippen molar-refractivity contribution >= 4 is 39.2 Å². The lowest BCUT2D eigenvalue weighted by Crippen LogP contribution is -2.44. The molecular weight excluding hydrogens is 314 g/mol. The van der Waals surface area contributed by atoms with Crippen molar-refractivity contribution in [3.05, 3.63) is 16.8 Å². The van der Waals surface area contributed by atoms with E-state index in [0.717, 1.165) is 27.5 Å². The Labute approximate surface area is 140 Å². The maximum absolute atomic E-state index is 12.3.